The number of hydrogen-bond acceptors (Lipinski definition) is 4. The molecule has 108 valence electrons. The van der Waals surface area contributed by atoms with E-state index in [4.69, 9.17) is 9.72 Å². The quantitative estimate of drug-likeness (QED) is 0.837. The molecule has 0 saturated heterocycles. The van der Waals surface area contributed by atoms with Gasteiger partial charge < -0.3 is 10.1 Å². The van der Waals surface area contributed by atoms with Crippen LogP contribution in [0.1, 0.15) is 55.6 Å². The molecule has 19 heavy (non-hydrogen) atoms. The summed E-state index contributed by atoms with van der Waals surface area (Å²) < 4.78 is 5.20. The predicted molar refractivity (Wildman–Crippen MR) is 80.7 cm³/mol. The summed E-state index contributed by atoms with van der Waals surface area (Å²) in [5, 5.41) is 7.21. The highest BCUT2D eigenvalue weighted by molar-refractivity contribution is 7.09. The SMILES string of the molecule is COCCNC1(c2nc(C)cs2)CCCCCCC1. The number of rotatable bonds is 5. The molecule has 1 aliphatic carbocycles. The van der Waals surface area contributed by atoms with Gasteiger partial charge in [-0.05, 0) is 19.8 Å². The summed E-state index contributed by atoms with van der Waals surface area (Å²) in [4.78, 5) is 4.77. The molecule has 0 radical (unpaired) electrons. The van der Waals surface area contributed by atoms with E-state index in [-0.39, 0.29) is 5.54 Å². The molecule has 2 rings (SSSR count). The largest absolute Gasteiger partial charge is 0.383 e. The molecule has 0 unspecified atom stereocenters. The van der Waals surface area contributed by atoms with E-state index in [9.17, 15) is 0 Å². The van der Waals surface area contributed by atoms with Crippen LogP contribution in [-0.2, 0) is 10.3 Å². The van der Waals surface area contributed by atoms with Crippen molar-refractivity contribution in [3.05, 3.63) is 16.1 Å². The van der Waals surface area contributed by atoms with Crippen LogP contribution in [-0.4, -0.2) is 25.2 Å². The molecule has 1 aliphatic rings. The number of hydrogen-bond donors (Lipinski definition) is 1. The van der Waals surface area contributed by atoms with Crippen LogP contribution >= 0.6 is 11.3 Å². The minimum Gasteiger partial charge on any atom is -0.383 e. The van der Waals surface area contributed by atoms with Crippen molar-refractivity contribution in [3.63, 3.8) is 0 Å². The van der Waals surface area contributed by atoms with Gasteiger partial charge in [0.2, 0.25) is 0 Å². The topological polar surface area (TPSA) is 34.1 Å². The lowest BCUT2D eigenvalue weighted by atomic mass is 9.84. The van der Waals surface area contributed by atoms with Crippen LogP contribution < -0.4 is 5.32 Å². The average Bonchev–Trinajstić information content (AvgIpc) is 2.80. The van der Waals surface area contributed by atoms with Crippen molar-refractivity contribution < 1.29 is 4.74 Å². The predicted octanol–water partition coefficient (Wildman–Crippen LogP) is 3.63. The first-order valence-corrected chi connectivity index (χ1v) is 8.31. The molecule has 3 nitrogen and oxygen atoms in total. The van der Waals surface area contributed by atoms with Gasteiger partial charge >= 0.3 is 0 Å². The van der Waals surface area contributed by atoms with E-state index in [0.717, 1.165) is 18.8 Å². The highest BCUT2D eigenvalue weighted by Gasteiger charge is 2.34. The van der Waals surface area contributed by atoms with Gasteiger partial charge in [-0.15, -0.1) is 11.3 Å². The monoisotopic (exact) mass is 282 g/mol. The van der Waals surface area contributed by atoms with Crippen molar-refractivity contribution in [1.29, 1.82) is 0 Å². The summed E-state index contributed by atoms with van der Waals surface area (Å²) in [5.41, 5.74) is 1.24. The molecule has 4 heteroatoms. The van der Waals surface area contributed by atoms with E-state index in [0.29, 0.717) is 0 Å². The molecule has 1 saturated carbocycles. The van der Waals surface area contributed by atoms with Crippen molar-refractivity contribution in [2.24, 2.45) is 0 Å². The second-order valence-corrected chi connectivity index (χ2v) is 6.42. The van der Waals surface area contributed by atoms with Crippen molar-refractivity contribution in [1.82, 2.24) is 10.3 Å². The third-order valence-corrected chi connectivity index (χ3v) is 5.17. The Kier molecular flexibility index (Phi) is 5.79. The van der Waals surface area contributed by atoms with Gasteiger partial charge in [0.15, 0.2) is 0 Å². The highest BCUT2D eigenvalue weighted by atomic mass is 32.1. The van der Waals surface area contributed by atoms with Crippen LogP contribution in [0, 0.1) is 6.92 Å². The van der Waals surface area contributed by atoms with E-state index in [1.165, 1.54) is 50.0 Å². The van der Waals surface area contributed by atoms with E-state index >= 15 is 0 Å². The fourth-order valence-corrected chi connectivity index (χ4v) is 3.97. The minimum absolute atomic E-state index is 0.0951. The van der Waals surface area contributed by atoms with Gasteiger partial charge in [-0.3, -0.25) is 0 Å². The molecule has 0 aromatic carbocycles. The summed E-state index contributed by atoms with van der Waals surface area (Å²) >= 11 is 1.81. The van der Waals surface area contributed by atoms with Crippen molar-refractivity contribution in [3.8, 4) is 0 Å². The Morgan fingerprint density at radius 2 is 1.95 bits per heavy atom. The highest BCUT2D eigenvalue weighted by Crippen LogP contribution is 2.36. The first-order valence-electron chi connectivity index (χ1n) is 7.43. The molecule has 1 aromatic heterocycles. The molecule has 1 aromatic rings. The van der Waals surface area contributed by atoms with E-state index in [2.05, 4.69) is 17.6 Å². The van der Waals surface area contributed by atoms with Gasteiger partial charge in [-0.1, -0.05) is 32.1 Å². The van der Waals surface area contributed by atoms with Crippen molar-refractivity contribution in [2.75, 3.05) is 20.3 Å². The van der Waals surface area contributed by atoms with E-state index in [1.807, 2.05) is 11.3 Å². The zero-order valence-electron chi connectivity index (χ0n) is 12.2. The molecule has 0 spiro atoms. The summed E-state index contributed by atoms with van der Waals surface area (Å²) in [6.07, 6.45) is 9.14. The molecule has 0 atom stereocenters. The second kappa shape index (κ2) is 7.36. The van der Waals surface area contributed by atoms with Gasteiger partial charge in [0, 0.05) is 24.7 Å². The standard InChI is InChI=1S/C15H26N2OS/c1-13-12-19-14(17-13)15(16-10-11-18-2)8-6-4-3-5-7-9-15/h12,16H,3-11H2,1-2H3. The second-order valence-electron chi connectivity index (χ2n) is 5.56. The van der Waals surface area contributed by atoms with Crippen LogP contribution in [0.2, 0.25) is 0 Å². The number of aryl methyl sites for hydroxylation is 1. The molecule has 1 fully saturated rings. The number of aromatic nitrogens is 1. The maximum absolute atomic E-state index is 5.20. The number of nitrogens with one attached hydrogen (secondary N) is 1. The number of thiazole rings is 1. The Hall–Kier alpha value is -0.450. The average molecular weight is 282 g/mol. The van der Waals surface area contributed by atoms with Gasteiger partial charge in [-0.2, -0.15) is 0 Å². The number of nitrogens with zero attached hydrogens (tertiary/aromatic N) is 1. The zero-order chi connectivity index (χ0) is 13.6. The third kappa shape index (κ3) is 4.01. The molecule has 0 amide bonds. The normalized spacial score (nSPS) is 19.9. The lowest BCUT2D eigenvalue weighted by molar-refractivity contribution is 0.171. The summed E-state index contributed by atoms with van der Waals surface area (Å²) in [6, 6.07) is 0. The van der Waals surface area contributed by atoms with E-state index < -0.39 is 0 Å². The maximum Gasteiger partial charge on any atom is 0.113 e. The van der Waals surface area contributed by atoms with Gasteiger partial charge in [0.05, 0.1) is 12.1 Å². The Labute approximate surface area is 120 Å². The van der Waals surface area contributed by atoms with Gasteiger partial charge in [0.1, 0.15) is 5.01 Å². The van der Waals surface area contributed by atoms with Gasteiger partial charge in [-0.25, -0.2) is 4.98 Å². The molecular formula is C15H26N2OS. The van der Waals surface area contributed by atoms with Crippen LogP contribution in [0.15, 0.2) is 5.38 Å². The Bertz CT molecular complexity index is 370. The Morgan fingerprint density at radius 3 is 2.53 bits per heavy atom. The molecule has 1 heterocycles. The summed E-state index contributed by atoms with van der Waals surface area (Å²) in [6.45, 7) is 3.77. The fraction of sp³-hybridized carbons (Fsp3) is 0.800. The van der Waals surface area contributed by atoms with Crippen LogP contribution in [0.25, 0.3) is 0 Å². The van der Waals surface area contributed by atoms with Crippen LogP contribution in [0.5, 0.6) is 0 Å². The van der Waals surface area contributed by atoms with Crippen molar-refractivity contribution in [2.45, 2.75) is 57.4 Å². The van der Waals surface area contributed by atoms with Crippen LogP contribution in [0.4, 0.5) is 0 Å². The van der Waals surface area contributed by atoms with Crippen molar-refractivity contribution >= 4 is 11.3 Å². The molecule has 1 N–H and O–H groups in total. The summed E-state index contributed by atoms with van der Waals surface area (Å²) in [5.74, 6) is 0. The summed E-state index contributed by atoms with van der Waals surface area (Å²) in [7, 11) is 1.76. The fourth-order valence-electron chi connectivity index (χ4n) is 2.94. The minimum atomic E-state index is 0.0951. The molecule has 0 bridgehead atoms. The number of ether oxygens (including phenoxy) is 1. The maximum atomic E-state index is 5.20. The van der Waals surface area contributed by atoms with E-state index in [1.54, 1.807) is 7.11 Å². The Morgan fingerprint density at radius 1 is 1.26 bits per heavy atom. The first-order chi connectivity index (χ1) is 9.27. The molecule has 0 aliphatic heterocycles. The van der Waals surface area contributed by atoms with Gasteiger partial charge in [0.25, 0.3) is 0 Å². The first kappa shape index (κ1) is 14.9. The van der Waals surface area contributed by atoms with Crippen LogP contribution in [0.3, 0.4) is 0 Å². The zero-order valence-corrected chi connectivity index (χ0v) is 13.0. The Balaban J connectivity index is 2.14. The smallest absolute Gasteiger partial charge is 0.113 e. The molecular weight excluding hydrogens is 256 g/mol. The number of methoxy groups -OCH3 is 1. The lowest BCUT2D eigenvalue weighted by Gasteiger charge is -2.35. The lowest BCUT2D eigenvalue weighted by Crippen LogP contribution is -2.44. The third-order valence-electron chi connectivity index (χ3n) is 4.01.